The van der Waals surface area contributed by atoms with E-state index in [9.17, 15) is 4.79 Å². The highest BCUT2D eigenvalue weighted by Gasteiger charge is 2.27. The van der Waals surface area contributed by atoms with Gasteiger partial charge in [0.05, 0.1) is 11.0 Å². The van der Waals surface area contributed by atoms with Gasteiger partial charge >= 0.3 is 6.03 Å². The van der Waals surface area contributed by atoms with E-state index in [0.29, 0.717) is 13.1 Å². The quantitative estimate of drug-likeness (QED) is 0.743. The zero-order valence-electron chi connectivity index (χ0n) is 16.0. The summed E-state index contributed by atoms with van der Waals surface area (Å²) in [6.07, 6.45) is 1.97. The van der Waals surface area contributed by atoms with Crippen LogP contribution in [0, 0.1) is 13.8 Å². The molecule has 4 rings (SSSR count). The predicted molar refractivity (Wildman–Crippen MR) is 102 cm³/mol. The fourth-order valence-electron chi connectivity index (χ4n) is 3.68. The number of fused-ring (bicyclic) bond motifs is 1. The standard InChI is InChI=1S/C19H25N7O/c1-12-21-18(24-23-12)15-5-4-8-26(11-15)19(27)20-10-14-6-7-17-16(9-14)22-13(2)25(17)3/h6-7,9,15H,4-5,8,10-11H2,1-3H3,(H,20,27)(H,21,23,24)/t15-/m0/s1. The molecule has 1 atom stereocenters. The second kappa shape index (κ2) is 7.02. The lowest BCUT2D eigenvalue weighted by molar-refractivity contribution is 0.178. The number of H-pyrrole nitrogens is 1. The van der Waals surface area contributed by atoms with Crippen molar-refractivity contribution >= 4 is 17.1 Å². The molecule has 0 bridgehead atoms. The van der Waals surface area contributed by atoms with Crippen LogP contribution in [0.3, 0.4) is 0 Å². The zero-order chi connectivity index (χ0) is 19.0. The van der Waals surface area contributed by atoms with Gasteiger partial charge in [0.15, 0.2) is 5.82 Å². The van der Waals surface area contributed by atoms with Gasteiger partial charge in [-0.1, -0.05) is 6.07 Å². The molecule has 0 spiro atoms. The molecule has 0 aliphatic carbocycles. The molecule has 8 nitrogen and oxygen atoms in total. The van der Waals surface area contributed by atoms with Crippen LogP contribution in [0.15, 0.2) is 18.2 Å². The summed E-state index contributed by atoms with van der Waals surface area (Å²) in [5.74, 6) is 2.79. The second-order valence-corrected chi connectivity index (χ2v) is 7.26. The van der Waals surface area contributed by atoms with Crippen molar-refractivity contribution in [2.75, 3.05) is 13.1 Å². The molecule has 8 heteroatoms. The van der Waals surface area contributed by atoms with Crippen LogP contribution >= 0.6 is 0 Å². The Bertz CT molecular complexity index is 974. The molecule has 0 unspecified atom stereocenters. The van der Waals surface area contributed by atoms with Crippen molar-refractivity contribution in [3.05, 3.63) is 41.2 Å². The van der Waals surface area contributed by atoms with E-state index >= 15 is 0 Å². The van der Waals surface area contributed by atoms with Crippen molar-refractivity contribution < 1.29 is 4.79 Å². The lowest BCUT2D eigenvalue weighted by Gasteiger charge is -2.31. The first-order valence-electron chi connectivity index (χ1n) is 9.35. The minimum Gasteiger partial charge on any atom is -0.334 e. The number of aromatic nitrogens is 5. The Morgan fingerprint density at radius 3 is 2.96 bits per heavy atom. The highest BCUT2D eigenvalue weighted by molar-refractivity contribution is 5.77. The molecule has 0 radical (unpaired) electrons. The number of aromatic amines is 1. The third-order valence-corrected chi connectivity index (χ3v) is 5.30. The fourth-order valence-corrected chi connectivity index (χ4v) is 3.68. The van der Waals surface area contributed by atoms with Gasteiger partial charge < -0.3 is 14.8 Å². The Hall–Kier alpha value is -2.90. The predicted octanol–water partition coefficient (Wildman–Crippen LogP) is 2.40. The van der Waals surface area contributed by atoms with E-state index in [1.807, 2.05) is 37.9 Å². The highest BCUT2D eigenvalue weighted by Crippen LogP contribution is 2.24. The SMILES string of the molecule is Cc1nc([C@H]2CCCN(C(=O)NCc3ccc4c(c3)nc(C)n4C)C2)n[nH]1. The summed E-state index contributed by atoms with van der Waals surface area (Å²) in [5.41, 5.74) is 3.11. The molecule has 27 heavy (non-hydrogen) atoms. The Kier molecular flexibility index (Phi) is 4.55. The number of rotatable bonds is 3. The molecule has 2 aromatic heterocycles. The first-order chi connectivity index (χ1) is 13.0. The fraction of sp³-hybridized carbons (Fsp3) is 0.474. The van der Waals surface area contributed by atoms with Crippen LogP contribution in [0.25, 0.3) is 11.0 Å². The summed E-state index contributed by atoms with van der Waals surface area (Å²) in [7, 11) is 2.01. The minimum atomic E-state index is -0.0377. The first-order valence-corrected chi connectivity index (χ1v) is 9.35. The number of hydrogen-bond acceptors (Lipinski definition) is 4. The van der Waals surface area contributed by atoms with Crippen molar-refractivity contribution in [1.82, 2.24) is 34.9 Å². The van der Waals surface area contributed by atoms with Gasteiger partial charge in [0.1, 0.15) is 11.6 Å². The molecule has 1 aliphatic heterocycles. The number of imidazole rings is 1. The van der Waals surface area contributed by atoms with Crippen LogP contribution in [-0.4, -0.2) is 48.8 Å². The molecule has 2 N–H and O–H groups in total. The number of hydrogen-bond donors (Lipinski definition) is 2. The lowest BCUT2D eigenvalue weighted by atomic mass is 9.98. The number of carbonyl (C=O) groups excluding carboxylic acids is 1. The molecule has 2 amide bonds. The van der Waals surface area contributed by atoms with Crippen LogP contribution in [0.1, 0.15) is 41.8 Å². The molecule has 1 saturated heterocycles. The van der Waals surface area contributed by atoms with Crippen LogP contribution in [-0.2, 0) is 13.6 Å². The molecular weight excluding hydrogens is 342 g/mol. The Morgan fingerprint density at radius 1 is 1.33 bits per heavy atom. The number of urea groups is 1. The molecule has 1 fully saturated rings. The summed E-state index contributed by atoms with van der Waals surface area (Å²) >= 11 is 0. The number of likely N-dealkylation sites (tertiary alicyclic amines) is 1. The third-order valence-electron chi connectivity index (χ3n) is 5.30. The molecule has 0 saturated carbocycles. The summed E-state index contributed by atoms with van der Waals surface area (Å²) in [6, 6.07) is 6.10. The number of aryl methyl sites for hydroxylation is 3. The first kappa shape index (κ1) is 17.5. The van der Waals surface area contributed by atoms with Crippen LogP contribution in [0.2, 0.25) is 0 Å². The van der Waals surface area contributed by atoms with E-state index in [1.165, 1.54) is 0 Å². The topological polar surface area (TPSA) is 91.7 Å². The molecule has 3 aromatic rings. The van der Waals surface area contributed by atoms with Crippen LogP contribution in [0.4, 0.5) is 4.79 Å². The monoisotopic (exact) mass is 367 g/mol. The van der Waals surface area contributed by atoms with Gasteiger partial charge in [0.25, 0.3) is 0 Å². The van der Waals surface area contributed by atoms with Gasteiger partial charge in [-0.15, -0.1) is 0 Å². The lowest BCUT2D eigenvalue weighted by Crippen LogP contribution is -2.44. The maximum Gasteiger partial charge on any atom is 0.317 e. The van der Waals surface area contributed by atoms with Crippen molar-refractivity contribution in [2.24, 2.45) is 7.05 Å². The Labute approximate surface area is 158 Å². The van der Waals surface area contributed by atoms with E-state index in [2.05, 4.69) is 36.1 Å². The van der Waals surface area contributed by atoms with Crippen molar-refractivity contribution in [2.45, 2.75) is 39.2 Å². The number of nitrogens with zero attached hydrogens (tertiary/aromatic N) is 5. The normalized spacial score (nSPS) is 17.4. The van der Waals surface area contributed by atoms with Gasteiger partial charge in [-0.3, -0.25) is 5.10 Å². The van der Waals surface area contributed by atoms with Crippen molar-refractivity contribution in [3.63, 3.8) is 0 Å². The van der Waals surface area contributed by atoms with Crippen LogP contribution < -0.4 is 5.32 Å². The average Bonchev–Trinajstić information content (AvgIpc) is 3.23. The van der Waals surface area contributed by atoms with Gasteiger partial charge in [-0.05, 0) is 44.4 Å². The largest absolute Gasteiger partial charge is 0.334 e. The molecule has 3 heterocycles. The summed E-state index contributed by atoms with van der Waals surface area (Å²) in [5, 5.41) is 10.2. The third kappa shape index (κ3) is 3.51. The zero-order valence-corrected chi connectivity index (χ0v) is 16.0. The van der Waals surface area contributed by atoms with Gasteiger partial charge in [-0.2, -0.15) is 5.10 Å². The smallest absolute Gasteiger partial charge is 0.317 e. The van der Waals surface area contributed by atoms with Crippen molar-refractivity contribution in [1.29, 1.82) is 0 Å². The second-order valence-electron chi connectivity index (χ2n) is 7.26. The Morgan fingerprint density at radius 2 is 2.19 bits per heavy atom. The highest BCUT2D eigenvalue weighted by atomic mass is 16.2. The average molecular weight is 367 g/mol. The van der Waals surface area contributed by atoms with Crippen molar-refractivity contribution in [3.8, 4) is 0 Å². The maximum absolute atomic E-state index is 12.6. The molecule has 1 aromatic carbocycles. The molecular formula is C19H25N7O. The van der Waals surface area contributed by atoms with Gasteiger partial charge in [0.2, 0.25) is 0 Å². The number of benzene rings is 1. The maximum atomic E-state index is 12.6. The van der Waals surface area contributed by atoms with Gasteiger partial charge in [-0.25, -0.2) is 14.8 Å². The number of nitrogens with one attached hydrogen (secondary N) is 2. The minimum absolute atomic E-state index is 0.0377. The van der Waals surface area contributed by atoms with E-state index in [4.69, 9.17) is 0 Å². The van der Waals surface area contributed by atoms with Crippen LogP contribution in [0.5, 0.6) is 0 Å². The summed E-state index contributed by atoms with van der Waals surface area (Å²) in [4.78, 5) is 23.5. The molecule has 1 aliphatic rings. The van der Waals surface area contributed by atoms with E-state index < -0.39 is 0 Å². The number of amides is 2. The van der Waals surface area contributed by atoms with E-state index in [1.54, 1.807) is 0 Å². The number of piperidine rings is 1. The number of carbonyl (C=O) groups is 1. The van der Waals surface area contributed by atoms with E-state index in [-0.39, 0.29) is 11.9 Å². The Balaban J connectivity index is 1.38. The van der Waals surface area contributed by atoms with E-state index in [0.717, 1.165) is 53.5 Å². The summed E-state index contributed by atoms with van der Waals surface area (Å²) < 4.78 is 2.07. The van der Waals surface area contributed by atoms with Gasteiger partial charge in [0, 0.05) is 32.6 Å². The molecule has 142 valence electrons. The summed E-state index contributed by atoms with van der Waals surface area (Å²) in [6.45, 7) is 5.80.